The van der Waals surface area contributed by atoms with Gasteiger partial charge in [-0.25, -0.2) is 4.39 Å². The summed E-state index contributed by atoms with van der Waals surface area (Å²) in [4.78, 5) is 12.6. The fourth-order valence-corrected chi connectivity index (χ4v) is 3.42. The lowest BCUT2D eigenvalue weighted by Gasteiger charge is -2.30. The van der Waals surface area contributed by atoms with E-state index in [0.29, 0.717) is 11.3 Å². The van der Waals surface area contributed by atoms with Crippen molar-refractivity contribution in [3.63, 3.8) is 0 Å². The Morgan fingerprint density at radius 3 is 2.71 bits per heavy atom. The van der Waals surface area contributed by atoms with E-state index in [1.54, 1.807) is 12.1 Å². The summed E-state index contributed by atoms with van der Waals surface area (Å²) in [6.07, 6.45) is 1.50. The van der Waals surface area contributed by atoms with Crippen LogP contribution in [0.5, 0.6) is 0 Å². The highest BCUT2D eigenvalue weighted by molar-refractivity contribution is 8.00. The number of esters is 1. The van der Waals surface area contributed by atoms with Gasteiger partial charge in [-0.1, -0.05) is 26.0 Å². The maximum absolute atomic E-state index is 13.7. The molecule has 2 atom stereocenters. The second-order valence-corrected chi connectivity index (χ2v) is 6.79. The number of rotatable bonds is 8. The van der Waals surface area contributed by atoms with Crippen molar-refractivity contribution in [3.8, 4) is 0 Å². The van der Waals surface area contributed by atoms with Crippen LogP contribution in [0.2, 0.25) is 0 Å². The van der Waals surface area contributed by atoms with Crippen LogP contribution in [-0.4, -0.2) is 30.4 Å². The van der Waals surface area contributed by atoms with Crippen LogP contribution in [0.15, 0.2) is 29.2 Å². The summed E-state index contributed by atoms with van der Waals surface area (Å²) in [6.45, 7) is 6.61. The van der Waals surface area contributed by atoms with Crippen LogP contribution in [0.4, 0.5) is 4.39 Å². The molecule has 0 aromatic heterocycles. The minimum Gasteiger partial charge on any atom is -0.468 e. The first kappa shape index (κ1) is 18.0. The van der Waals surface area contributed by atoms with E-state index >= 15 is 0 Å². The van der Waals surface area contributed by atoms with Gasteiger partial charge in [0.15, 0.2) is 0 Å². The summed E-state index contributed by atoms with van der Waals surface area (Å²) >= 11 is 1.44. The van der Waals surface area contributed by atoms with E-state index in [9.17, 15) is 9.18 Å². The van der Waals surface area contributed by atoms with Crippen LogP contribution >= 0.6 is 11.8 Å². The van der Waals surface area contributed by atoms with Crippen LogP contribution in [0.25, 0.3) is 0 Å². The molecule has 0 radical (unpaired) electrons. The molecule has 0 saturated heterocycles. The fraction of sp³-hybridized carbons (Fsp3) is 0.562. The minimum atomic E-state index is -0.748. The molecule has 0 aliphatic carbocycles. The van der Waals surface area contributed by atoms with Gasteiger partial charge < -0.3 is 10.1 Å². The molecule has 21 heavy (non-hydrogen) atoms. The molecule has 3 nitrogen and oxygen atoms in total. The Bertz CT molecular complexity index is 469. The lowest BCUT2D eigenvalue weighted by atomic mass is 9.96. The highest BCUT2D eigenvalue weighted by atomic mass is 32.2. The number of methoxy groups -OCH3 is 1. The van der Waals surface area contributed by atoms with Crippen LogP contribution in [0, 0.1) is 5.82 Å². The molecule has 0 aliphatic heterocycles. The summed E-state index contributed by atoms with van der Waals surface area (Å²) < 4.78 is 18.6. The Labute approximate surface area is 130 Å². The molecule has 0 fully saturated rings. The van der Waals surface area contributed by atoms with Gasteiger partial charge in [0.2, 0.25) is 0 Å². The lowest BCUT2D eigenvalue weighted by molar-refractivity contribution is -0.148. The molecular weight excluding hydrogens is 289 g/mol. The second kappa shape index (κ2) is 8.39. The Kier molecular flexibility index (Phi) is 7.18. The molecule has 1 aromatic carbocycles. The zero-order valence-electron chi connectivity index (χ0n) is 13.1. The van der Waals surface area contributed by atoms with E-state index in [1.807, 2.05) is 26.8 Å². The quantitative estimate of drug-likeness (QED) is 0.587. The van der Waals surface area contributed by atoms with Gasteiger partial charge in [-0.3, -0.25) is 4.79 Å². The topological polar surface area (TPSA) is 38.3 Å². The van der Waals surface area contributed by atoms with Gasteiger partial charge in [0.25, 0.3) is 0 Å². The Morgan fingerprint density at radius 2 is 2.14 bits per heavy atom. The van der Waals surface area contributed by atoms with Crippen LogP contribution < -0.4 is 5.32 Å². The number of carbonyl (C=O) groups is 1. The van der Waals surface area contributed by atoms with Gasteiger partial charge in [-0.15, -0.1) is 11.8 Å². The average Bonchev–Trinajstić information content (AvgIpc) is 2.46. The van der Waals surface area contributed by atoms with E-state index < -0.39 is 5.54 Å². The second-order valence-electron chi connectivity index (χ2n) is 5.31. The standard InChI is InChI=1S/C16H24FNO2S/c1-5-10-18-16(3,15(19)20-4)11-12(2)21-14-9-7-6-8-13(14)17/h6-9,12,18H,5,10-11H2,1-4H3. The van der Waals surface area contributed by atoms with Crippen molar-refractivity contribution in [2.24, 2.45) is 0 Å². The average molecular weight is 313 g/mol. The third-order valence-electron chi connectivity index (χ3n) is 3.26. The van der Waals surface area contributed by atoms with Crippen LogP contribution in [0.3, 0.4) is 0 Å². The molecule has 1 N–H and O–H groups in total. The van der Waals surface area contributed by atoms with Gasteiger partial charge in [-0.2, -0.15) is 0 Å². The monoisotopic (exact) mass is 313 g/mol. The van der Waals surface area contributed by atoms with Crippen LogP contribution in [0.1, 0.15) is 33.6 Å². The van der Waals surface area contributed by atoms with Crippen molar-refractivity contribution in [2.45, 2.75) is 49.3 Å². The number of benzene rings is 1. The number of nitrogens with one attached hydrogen (secondary N) is 1. The summed E-state index contributed by atoms with van der Waals surface area (Å²) in [5.41, 5.74) is -0.748. The van der Waals surface area contributed by atoms with Gasteiger partial charge in [0.05, 0.1) is 7.11 Å². The number of thioether (sulfide) groups is 1. The lowest BCUT2D eigenvalue weighted by Crippen LogP contribution is -2.51. The molecule has 2 unspecified atom stereocenters. The fourth-order valence-electron chi connectivity index (χ4n) is 2.23. The van der Waals surface area contributed by atoms with Gasteiger partial charge in [0.1, 0.15) is 11.4 Å². The van der Waals surface area contributed by atoms with E-state index in [1.165, 1.54) is 24.9 Å². The Morgan fingerprint density at radius 1 is 1.48 bits per heavy atom. The van der Waals surface area contributed by atoms with E-state index in [-0.39, 0.29) is 17.0 Å². The maximum Gasteiger partial charge on any atom is 0.325 e. The number of hydrogen-bond acceptors (Lipinski definition) is 4. The third-order valence-corrected chi connectivity index (χ3v) is 4.42. The molecule has 1 rings (SSSR count). The van der Waals surface area contributed by atoms with E-state index in [0.717, 1.165) is 13.0 Å². The molecule has 0 aliphatic rings. The van der Waals surface area contributed by atoms with E-state index in [4.69, 9.17) is 4.74 Å². The molecule has 0 amide bonds. The SMILES string of the molecule is CCCNC(C)(CC(C)Sc1ccccc1F)C(=O)OC. The summed E-state index contributed by atoms with van der Waals surface area (Å²) in [5.74, 6) is -0.507. The van der Waals surface area contributed by atoms with Crippen molar-refractivity contribution in [1.29, 1.82) is 0 Å². The molecule has 1 aromatic rings. The molecule has 0 heterocycles. The van der Waals surface area contributed by atoms with Crippen molar-refractivity contribution in [2.75, 3.05) is 13.7 Å². The highest BCUT2D eigenvalue weighted by Crippen LogP contribution is 2.30. The van der Waals surface area contributed by atoms with Crippen LogP contribution in [-0.2, 0) is 9.53 Å². The van der Waals surface area contributed by atoms with Gasteiger partial charge >= 0.3 is 5.97 Å². The summed E-state index contributed by atoms with van der Waals surface area (Å²) in [6, 6.07) is 6.69. The first-order chi connectivity index (χ1) is 9.92. The van der Waals surface area contributed by atoms with Gasteiger partial charge in [-0.05, 0) is 38.4 Å². The zero-order chi connectivity index (χ0) is 15.9. The van der Waals surface area contributed by atoms with Crippen molar-refractivity contribution in [3.05, 3.63) is 30.1 Å². The summed E-state index contributed by atoms with van der Waals surface area (Å²) in [7, 11) is 1.39. The normalized spacial score (nSPS) is 15.3. The molecular formula is C16H24FNO2S. The first-order valence-corrected chi connectivity index (χ1v) is 8.05. The van der Waals surface area contributed by atoms with Crippen molar-refractivity contribution in [1.82, 2.24) is 5.32 Å². The maximum atomic E-state index is 13.7. The van der Waals surface area contributed by atoms with Crippen molar-refractivity contribution < 1.29 is 13.9 Å². The molecule has 0 bridgehead atoms. The Hall–Kier alpha value is -1.07. The number of hydrogen-bond donors (Lipinski definition) is 1. The smallest absolute Gasteiger partial charge is 0.325 e. The number of halogens is 1. The third kappa shape index (κ3) is 5.32. The molecule has 0 saturated carbocycles. The largest absolute Gasteiger partial charge is 0.468 e. The highest BCUT2D eigenvalue weighted by Gasteiger charge is 2.35. The van der Waals surface area contributed by atoms with Gasteiger partial charge in [0, 0.05) is 10.1 Å². The number of carbonyl (C=O) groups excluding carboxylic acids is 1. The zero-order valence-corrected chi connectivity index (χ0v) is 13.9. The Balaban J connectivity index is 2.74. The predicted octanol–water partition coefficient (Wildman–Crippen LogP) is 3.63. The predicted molar refractivity (Wildman–Crippen MR) is 85.1 cm³/mol. The first-order valence-electron chi connectivity index (χ1n) is 7.17. The molecule has 118 valence electrons. The molecule has 0 spiro atoms. The number of ether oxygens (including phenoxy) is 1. The van der Waals surface area contributed by atoms with Crippen molar-refractivity contribution >= 4 is 17.7 Å². The minimum absolute atomic E-state index is 0.0790. The molecule has 5 heteroatoms. The van der Waals surface area contributed by atoms with E-state index in [2.05, 4.69) is 5.32 Å². The summed E-state index contributed by atoms with van der Waals surface area (Å²) in [5, 5.41) is 3.33.